The molecule has 0 aliphatic carbocycles. The fourth-order valence-corrected chi connectivity index (χ4v) is 2.32. The monoisotopic (exact) mass is 461 g/mol. The van der Waals surface area contributed by atoms with E-state index in [0.29, 0.717) is 0 Å². The van der Waals surface area contributed by atoms with Gasteiger partial charge in [-0.15, -0.1) is 0 Å². The number of hydrogen-bond donors (Lipinski definition) is 9. The first-order chi connectivity index (χ1) is 14.8. The van der Waals surface area contributed by atoms with Gasteiger partial charge in [-0.1, -0.05) is 0 Å². The molecule has 12 N–H and O–H groups in total. The van der Waals surface area contributed by atoms with Gasteiger partial charge < -0.3 is 48.5 Å². The average Bonchev–Trinajstić information content (AvgIpc) is 2.69. The number of aliphatic imine (C=N–C) groups is 1. The largest absolute Gasteiger partial charge is 0.481 e. The third kappa shape index (κ3) is 12.3. The molecule has 182 valence electrons. The van der Waals surface area contributed by atoms with Gasteiger partial charge in [0, 0.05) is 13.0 Å². The number of hydrogen-bond acceptors (Lipinski definition) is 8. The third-order valence-electron chi connectivity index (χ3n) is 4.10. The molecule has 0 aromatic rings. The number of nitrogens with one attached hydrogen (secondary N) is 3. The number of carbonyl (C=O) groups excluding carboxylic acids is 3. The summed E-state index contributed by atoms with van der Waals surface area (Å²) in [5.41, 5.74) is 15.9. The van der Waals surface area contributed by atoms with E-state index in [1.54, 1.807) is 0 Å². The van der Waals surface area contributed by atoms with E-state index in [-0.39, 0.29) is 31.8 Å². The van der Waals surface area contributed by atoms with Crippen LogP contribution in [0.15, 0.2) is 4.99 Å². The molecule has 0 aliphatic rings. The molecule has 0 heterocycles. The molecule has 4 atom stereocenters. The standard InChI is InChI=1S/C17H31N7O8/c1-8(25)13(18)15(30)22-7-11(26)23-9(3-2-6-21-17(19)20)14(29)24-10(16(31)32)4-5-12(27)28/h8-10,13,25H,2-7,18H2,1H3,(H,22,30)(H,23,26)(H,24,29)(H,27,28)(H,31,32)(H4,19,20,21). The highest BCUT2D eigenvalue weighted by atomic mass is 16.4. The maximum Gasteiger partial charge on any atom is 0.326 e. The molecule has 0 saturated heterocycles. The molecule has 0 aliphatic heterocycles. The molecule has 3 amide bonds. The molecule has 0 aromatic heterocycles. The maximum atomic E-state index is 12.5. The Morgan fingerprint density at radius 1 is 0.969 bits per heavy atom. The number of nitrogens with two attached hydrogens (primary N) is 3. The van der Waals surface area contributed by atoms with Crippen molar-refractivity contribution in [1.29, 1.82) is 0 Å². The van der Waals surface area contributed by atoms with Crippen LogP contribution < -0.4 is 33.2 Å². The topological polar surface area (TPSA) is 273 Å². The van der Waals surface area contributed by atoms with E-state index in [1.165, 1.54) is 6.92 Å². The molecule has 0 spiro atoms. The van der Waals surface area contributed by atoms with Crippen LogP contribution in [0.5, 0.6) is 0 Å². The van der Waals surface area contributed by atoms with Crippen molar-refractivity contribution < 1.29 is 39.3 Å². The van der Waals surface area contributed by atoms with Crippen LogP contribution in [-0.4, -0.2) is 88.3 Å². The van der Waals surface area contributed by atoms with Crippen LogP contribution in [0.2, 0.25) is 0 Å². The van der Waals surface area contributed by atoms with E-state index in [9.17, 15) is 34.2 Å². The highest BCUT2D eigenvalue weighted by Gasteiger charge is 2.27. The molecule has 0 aromatic carbocycles. The molecule has 15 heteroatoms. The minimum absolute atomic E-state index is 0.0146. The molecular formula is C17H31N7O8. The smallest absolute Gasteiger partial charge is 0.326 e. The van der Waals surface area contributed by atoms with Gasteiger partial charge in [-0.3, -0.25) is 24.2 Å². The van der Waals surface area contributed by atoms with Crippen LogP contribution >= 0.6 is 0 Å². The average molecular weight is 461 g/mol. The summed E-state index contributed by atoms with van der Waals surface area (Å²) in [5.74, 6) is -5.29. The van der Waals surface area contributed by atoms with Gasteiger partial charge in [0.1, 0.15) is 18.1 Å². The van der Waals surface area contributed by atoms with Crippen LogP contribution in [-0.2, 0) is 24.0 Å². The van der Waals surface area contributed by atoms with Crippen LogP contribution in [0.3, 0.4) is 0 Å². The zero-order chi connectivity index (χ0) is 24.8. The van der Waals surface area contributed by atoms with Gasteiger partial charge >= 0.3 is 11.9 Å². The molecular weight excluding hydrogens is 430 g/mol. The van der Waals surface area contributed by atoms with Crippen molar-refractivity contribution in [3.8, 4) is 0 Å². The first-order valence-corrected chi connectivity index (χ1v) is 9.66. The van der Waals surface area contributed by atoms with Crippen molar-refractivity contribution >= 4 is 35.6 Å². The second kappa shape index (κ2) is 14.5. The first-order valence-electron chi connectivity index (χ1n) is 9.66. The van der Waals surface area contributed by atoms with Gasteiger partial charge in [0.05, 0.1) is 12.6 Å². The highest BCUT2D eigenvalue weighted by molar-refractivity contribution is 5.92. The van der Waals surface area contributed by atoms with Crippen molar-refractivity contribution in [3.05, 3.63) is 0 Å². The number of aliphatic hydroxyl groups excluding tert-OH is 1. The molecule has 32 heavy (non-hydrogen) atoms. The quantitative estimate of drug-likeness (QED) is 0.0640. The molecule has 0 bridgehead atoms. The fourth-order valence-electron chi connectivity index (χ4n) is 2.32. The zero-order valence-electron chi connectivity index (χ0n) is 17.6. The Hall–Kier alpha value is -3.46. The SMILES string of the molecule is CC(O)C(N)C(=O)NCC(=O)NC(CCCN=C(N)N)C(=O)NC(CCC(=O)O)C(=O)O. The number of carbonyl (C=O) groups is 5. The van der Waals surface area contributed by atoms with E-state index in [2.05, 4.69) is 20.9 Å². The van der Waals surface area contributed by atoms with E-state index >= 15 is 0 Å². The normalized spacial score (nSPS) is 14.2. The van der Waals surface area contributed by atoms with Gasteiger partial charge in [-0.05, 0) is 26.2 Å². The lowest BCUT2D eigenvalue weighted by molar-refractivity contribution is -0.143. The number of rotatable bonds is 15. The van der Waals surface area contributed by atoms with Crippen molar-refractivity contribution in [2.75, 3.05) is 13.1 Å². The molecule has 0 saturated carbocycles. The number of nitrogens with zero attached hydrogens (tertiary/aromatic N) is 1. The summed E-state index contributed by atoms with van der Waals surface area (Å²) in [5, 5.41) is 33.9. The summed E-state index contributed by atoms with van der Waals surface area (Å²) in [7, 11) is 0. The van der Waals surface area contributed by atoms with Crippen LogP contribution in [0.4, 0.5) is 0 Å². The Balaban J connectivity index is 5.10. The summed E-state index contributed by atoms with van der Waals surface area (Å²) < 4.78 is 0. The lowest BCUT2D eigenvalue weighted by Gasteiger charge is -2.21. The van der Waals surface area contributed by atoms with Gasteiger partial charge in [0.15, 0.2) is 5.96 Å². The van der Waals surface area contributed by atoms with E-state index in [0.717, 1.165) is 0 Å². The van der Waals surface area contributed by atoms with Crippen molar-refractivity contribution in [1.82, 2.24) is 16.0 Å². The summed E-state index contributed by atoms with van der Waals surface area (Å²) in [4.78, 5) is 62.2. The predicted molar refractivity (Wildman–Crippen MR) is 111 cm³/mol. The number of guanidine groups is 1. The molecule has 15 nitrogen and oxygen atoms in total. The lowest BCUT2D eigenvalue weighted by atomic mass is 10.1. The Morgan fingerprint density at radius 2 is 1.59 bits per heavy atom. The minimum Gasteiger partial charge on any atom is -0.481 e. The van der Waals surface area contributed by atoms with Gasteiger partial charge in [-0.25, -0.2) is 4.79 Å². The predicted octanol–water partition coefficient (Wildman–Crippen LogP) is -4.22. The Morgan fingerprint density at radius 3 is 2.09 bits per heavy atom. The van der Waals surface area contributed by atoms with Gasteiger partial charge in [-0.2, -0.15) is 0 Å². The first kappa shape index (κ1) is 28.5. The van der Waals surface area contributed by atoms with Gasteiger partial charge in [0.25, 0.3) is 0 Å². The Bertz CT molecular complexity index is 709. The van der Waals surface area contributed by atoms with Crippen molar-refractivity contribution in [3.63, 3.8) is 0 Å². The third-order valence-corrected chi connectivity index (χ3v) is 4.10. The molecule has 4 unspecified atom stereocenters. The number of carboxylic acid groups (broad SMARTS) is 2. The second-order valence-corrected chi connectivity index (χ2v) is 6.88. The summed E-state index contributed by atoms with van der Waals surface area (Å²) >= 11 is 0. The summed E-state index contributed by atoms with van der Waals surface area (Å²) in [6.45, 7) is 0.867. The number of amides is 3. The van der Waals surface area contributed by atoms with Crippen molar-refractivity contribution in [2.45, 2.75) is 56.8 Å². The zero-order valence-corrected chi connectivity index (χ0v) is 17.6. The van der Waals surface area contributed by atoms with Crippen LogP contribution in [0.1, 0.15) is 32.6 Å². The number of carboxylic acids is 2. The Kier molecular flexibility index (Phi) is 13.0. The molecule has 0 fully saturated rings. The van der Waals surface area contributed by atoms with E-state index in [4.69, 9.17) is 22.3 Å². The highest BCUT2D eigenvalue weighted by Crippen LogP contribution is 2.03. The second-order valence-electron chi connectivity index (χ2n) is 6.88. The van der Waals surface area contributed by atoms with E-state index < -0.39 is 66.9 Å². The fraction of sp³-hybridized carbons (Fsp3) is 0.647. The van der Waals surface area contributed by atoms with Crippen molar-refractivity contribution in [2.24, 2.45) is 22.2 Å². The van der Waals surface area contributed by atoms with Crippen LogP contribution in [0, 0.1) is 0 Å². The Labute approximate surface area is 183 Å². The number of aliphatic carboxylic acids is 2. The summed E-state index contributed by atoms with van der Waals surface area (Å²) in [6, 6.07) is -3.96. The lowest BCUT2D eigenvalue weighted by Crippen LogP contribution is -2.54. The molecule has 0 radical (unpaired) electrons. The maximum absolute atomic E-state index is 12.5. The minimum atomic E-state index is -1.49. The molecule has 0 rings (SSSR count). The van der Waals surface area contributed by atoms with Gasteiger partial charge in [0.2, 0.25) is 17.7 Å². The number of aliphatic hydroxyl groups is 1. The summed E-state index contributed by atoms with van der Waals surface area (Å²) in [6.07, 6.45) is -1.75. The van der Waals surface area contributed by atoms with E-state index in [1.807, 2.05) is 0 Å². The van der Waals surface area contributed by atoms with Crippen LogP contribution in [0.25, 0.3) is 0 Å².